The van der Waals surface area contributed by atoms with Crippen LogP contribution in [0.5, 0.6) is 0 Å². The number of benzene rings is 1. The SMILES string of the molecule is Cc1ccccc1SCC1=NCC(=O)N1. The minimum atomic E-state index is -0.00427. The second kappa shape index (κ2) is 4.49. The van der Waals surface area contributed by atoms with Crippen molar-refractivity contribution in [2.45, 2.75) is 11.8 Å². The van der Waals surface area contributed by atoms with Gasteiger partial charge in [0.15, 0.2) is 0 Å². The van der Waals surface area contributed by atoms with E-state index in [0.29, 0.717) is 0 Å². The Bertz CT molecular complexity index is 415. The molecule has 0 aliphatic carbocycles. The second-order valence-electron chi connectivity index (χ2n) is 3.37. The highest BCUT2D eigenvalue weighted by Crippen LogP contribution is 2.21. The predicted octanol–water partition coefficient (Wildman–Crippen LogP) is 1.62. The highest BCUT2D eigenvalue weighted by Gasteiger charge is 2.12. The lowest BCUT2D eigenvalue weighted by Crippen LogP contribution is -2.25. The van der Waals surface area contributed by atoms with Crippen LogP contribution in [0.15, 0.2) is 34.2 Å². The van der Waals surface area contributed by atoms with Crippen LogP contribution in [0, 0.1) is 6.92 Å². The number of nitrogens with one attached hydrogen (secondary N) is 1. The summed E-state index contributed by atoms with van der Waals surface area (Å²) in [6.07, 6.45) is 0. The molecule has 1 aromatic rings. The Morgan fingerprint density at radius 3 is 2.93 bits per heavy atom. The molecule has 1 aromatic carbocycles. The van der Waals surface area contributed by atoms with E-state index in [1.807, 2.05) is 12.1 Å². The van der Waals surface area contributed by atoms with Gasteiger partial charge in [0.05, 0.1) is 5.75 Å². The van der Waals surface area contributed by atoms with Crippen molar-refractivity contribution in [2.24, 2.45) is 4.99 Å². The first kappa shape index (κ1) is 10.2. The molecule has 1 amide bonds. The van der Waals surface area contributed by atoms with Gasteiger partial charge in [0.2, 0.25) is 5.91 Å². The first-order valence-corrected chi connectivity index (χ1v) is 5.76. The Kier molecular flexibility index (Phi) is 3.06. The maximum atomic E-state index is 10.9. The van der Waals surface area contributed by atoms with E-state index in [9.17, 15) is 4.79 Å². The van der Waals surface area contributed by atoms with E-state index < -0.39 is 0 Å². The molecule has 0 bridgehead atoms. The van der Waals surface area contributed by atoms with Gasteiger partial charge in [0.1, 0.15) is 12.4 Å². The molecule has 1 heterocycles. The molecule has 1 aliphatic heterocycles. The maximum Gasteiger partial charge on any atom is 0.247 e. The highest BCUT2D eigenvalue weighted by atomic mass is 32.2. The number of nitrogens with zero attached hydrogens (tertiary/aromatic N) is 1. The fraction of sp³-hybridized carbons (Fsp3) is 0.273. The molecule has 0 fully saturated rings. The third-order valence-electron chi connectivity index (χ3n) is 2.16. The quantitative estimate of drug-likeness (QED) is 0.786. The van der Waals surface area contributed by atoms with Gasteiger partial charge in [-0.1, -0.05) is 18.2 Å². The lowest BCUT2D eigenvalue weighted by atomic mass is 10.2. The van der Waals surface area contributed by atoms with Crippen LogP contribution in [0.2, 0.25) is 0 Å². The molecule has 0 spiro atoms. The van der Waals surface area contributed by atoms with Crippen LogP contribution in [-0.2, 0) is 4.79 Å². The van der Waals surface area contributed by atoms with Crippen molar-refractivity contribution >= 4 is 23.5 Å². The van der Waals surface area contributed by atoms with Gasteiger partial charge in [0.25, 0.3) is 0 Å². The summed E-state index contributed by atoms with van der Waals surface area (Å²) in [7, 11) is 0. The van der Waals surface area contributed by atoms with Gasteiger partial charge in [-0.2, -0.15) is 0 Å². The van der Waals surface area contributed by atoms with Crippen molar-refractivity contribution in [3.63, 3.8) is 0 Å². The molecule has 0 radical (unpaired) electrons. The Hall–Kier alpha value is -1.29. The molecule has 2 rings (SSSR count). The van der Waals surface area contributed by atoms with Gasteiger partial charge >= 0.3 is 0 Å². The fourth-order valence-corrected chi connectivity index (χ4v) is 2.28. The van der Waals surface area contributed by atoms with Gasteiger partial charge in [-0.05, 0) is 18.6 Å². The number of aryl methyl sites for hydroxylation is 1. The Morgan fingerprint density at radius 2 is 2.27 bits per heavy atom. The topological polar surface area (TPSA) is 41.5 Å². The zero-order chi connectivity index (χ0) is 10.7. The zero-order valence-electron chi connectivity index (χ0n) is 8.49. The summed E-state index contributed by atoms with van der Waals surface area (Å²) < 4.78 is 0. The molecule has 78 valence electrons. The average Bonchev–Trinajstić information content (AvgIpc) is 2.63. The number of amides is 1. The number of thioether (sulfide) groups is 1. The number of carbonyl (C=O) groups is 1. The molecule has 0 aromatic heterocycles. The molecule has 0 saturated carbocycles. The van der Waals surface area contributed by atoms with Crippen LogP contribution in [0.25, 0.3) is 0 Å². The van der Waals surface area contributed by atoms with Gasteiger partial charge < -0.3 is 5.32 Å². The fourth-order valence-electron chi connectivity index (χ4n) is 1.35. The van der Waals surface area contributed by atoms with E-state index in [2.05, 4.69) is 29.4 Å². The molecule has 1 N–H and O–H groups in total. The maximum absolute atomic E-state index is 10.9. The third kappa shape index (κ3) is 2.59. The number of hydrogen-bond donors (Lipinski definition) is 1. The third-order valence-corrected chi connectivity index (χ3v) is 3.34. The Balaban J connectivity index is 1.94. The van der Waals surface area contributed by atoms with Crippen LogP contribution >= 0.6 is 11.8 Å². The average molecular weight is 220 g/mol. The lowest BCUT2D eigenvalue weighted by molar-refractivity contribution is -0.117. The van der Waals surface area contributed by atoms with E-state index in [4.69, 9.17) is 0 Å². The van der Waals surface area contributed by atoms with Crippen molar-refractivity contribution in [3.05, 3.63) is 29.8 Å². The Morgan fingerprint density at radius 1 is 1.47 bits per heavy atom. The predicted molar refractivity (Wildman–Crippen MR) is 62.3 cm³/mol. The molecule has 1 aliphatic rings. The minimum Gasteiger partial charge on any atom is -0.312 e. The van der Waals surface area contributed by atoms with Gasteiger partial charge in [0, 0.05) is 4.90 Å². The van der Waals surface area contributed by atoms with E-state index in [1.54, 1.807) is 11.8 Å². The van der Waals surface area contributed by atoms with Crippen LogP contribution in [-0.4, -0.2) is 24.0 Å². The van der Waals surface area contributed by atoms with Crippen molar-refractivity contribution in [1.82, 2.24) is 5.32 Å². The van der Waals surface area contributed by atoms with E-state index in [0.717, 1.165) is 11.6 Å². The molecule has 15 heavy (non-hydrogen) atoms. The van der Waals surface area contributed by atoms with Crippen molar-refractivity contribution in [3.8, 4) is 0 Å². The zero-order valence-corrected chi connectivity index (χ0v) is 9.30. The molecule has 4 heteroatoms. The van der Waals surface area contributed by atoms with E-state index >= 15 is 0 Å². The minimum absolute atomic E-state index is 0.00427. The molecule has 3 nitrogen and oxygen atoms in total. The number of carbonyl (C=O) groups excluding carboxylic acids is 1. The smallest absolute Gasteiger partial charge is 0.247 e. The Labute approximate surface area is 93.0 Å². The molecular weight excluding hydrogens is 208 g/mol. The lowest BCUT2D eigenvalue weighted by Gasteiger charge is -2.04. The summed E-state index contributed by atoms with van der Waals surface area (Å²) in [5.74, 6) is 1.51. The summed E-state index contributed by atoms with van der Waals surface area (Å²) in [5.41, 5.74) is 1.26. The summed E-state index contributed by atoms with van der Waals surface area (Å²) >= 11 is 1.70. The molecular formula is C11H12N2OS. The van der Waals surface area contributed by atoms with Crippen LogP contribution < -0.4 is 5.32 Å². The molecule has 0 atom stereocenters. The molecule has 0 saturated heterocycles. The van der Waals surface area contributed by atoms with E-state index in [-0.39, 0.29) is 12.5 Å². The summed E-state index contributed by atoms with van der Waals surface area (Å²) in [6, 6.07) is 8.20. The van der Waals surface area contributed by atoms with Gasteiger partial charge in [-0.3, -0.25) is 9.79 Å². The van der Waals surface area contributed by atoms with Gasteiger partial charge in [-0.15, -0.1) is 11.8 Å². The van der Waals surface area contributed by atoms with Crippen LogP contribution in [0.4, 0.5) is 0 Å². The standard InChI is InChI=1S/C11H12N2OS/c1-8-4-2-3-5-9(8)15-7-10-12-6-11(14)13-10/h2-5H,6-7H2,1H3,(H,12,13,14). The number of aliphatic imine (C=N–C) groups is 1. The first-order chi connectivity index (χ1) is 7.25. The normalized spacial score (nSPS) is 15.0. The largest absolute Gasteiger partial charge is 0.312 e. The number of hydrogen-bond acceptors (Lipinski definition) is 3. The summed E-state index contributed by atoms with van der Waals surface area (Å²) in [5, 5.41) is 2.73. The molecule has 0 unspecified atom stereocenters. The van der Waals surface area contributed by atoms with Crippen LogP contribution in [0.3, 0.4) is 0 Å². The summed E-state index contributed by atoms with van der Waals surface area (Å²) in [4.78, 5) is 16.2. The summed E-state index contributed by atoms with van der Waals surface area (Å²) in [6.45, 7) is 2.36. The number of rotatable bonds is 3. The second-order valence-corrected chi connectivity index (χ2v) is 4.38. The van der Waals surface area contributed by atoms with Crippen molar-refractivity contribution in [1.29, 1.82) is 0 Å². The van der Waals surface area contributed by atoms with Crippen LogP contribution in [0.1, 0.15) is 5.56 Å². The van der Waals surface area contributed by atoms with Crippen molar-refractivity contribution < 1.29 is 4.79 Å². The highest BCUT2D eigenvalue weighted by molar-refractivity contribution is 8.00. The van der Waals surface area contributed by atoms with Crippen molar-refractivity contribution in [2.75, 3.05) is 12.3 Å². The first-order valence-electron chi connectivity index (χ1n) is 4.77. The monoisotopic (exact) mass is 220 g/mol. The number of amidine groups is 1. The van der Waals surface area contributed by atoms with Gasteiger partial charge in [-0.25, -0.2) is 0 Å². The van der Waals surface area contributed by atoms with E-state index in [1.165, 1.54) is 10.5 Å².